The van der Waals surface area contributed by atoms with Crippen LogP contribution < -0.4 is 5.46 Å². The summed E-state index contributed by atoms with van der Waals surface area (Å²) in [5.74, 6) is -0.124. The lowest BCUT2D eigenvalue weighted by Gasteiger charge is -2.00. The highest BCUT2D eigenvalue weighted by Crippen LogP contribution is 2.38. The van der Waals surface area contributed by atoms with E-state index in [4.69, 9.17) is 10.5 Å². The van der Waals surface area contributed by atoms with Crippen LogP contribution in [0.25, 0.3) is 5.57 Å². The molecule has 0 saturated heterocycles. The van der Waals surface area contributed by atoms with Gasteiger partial charge in [0.05, 0.1) is 0 Å². The maximum atomic E-state index is 12.2. The molecule has 0 fully saturated rings. The fourth-order valence-electron chi connectivity index (χ4n) is 1.98. The van der Waals surface area contributed by atoms with Crippen molar-refractivity contribution in [2.75, 3.05) is 0 Å². The molecule has 0 bridgehead atoms. The highest BCUT2D eigenvalue weighted by Gasteiger charge is 2.31. The number of rotatable bonds is 0. The Balaban J connectivity index is 2.87. The summed E-state index contributed by atoms with van der Waals surface area (Å²) in [6.07, 6.45) is 0. The van der Waals surface area contributed by atoms with Crippen LogP contribution in [0, 0.1) is 22.7 Å². The van der Waals surface area contributed by atoms with Gasteiger partial charge in [-0.15, -0.1) is 0 Å². The van der Waals surface area contributed by atoms with Crippen LogP contribution in [0.1, 0.15) is 15.9 Å². The van der Waals surface area contributed by atoms with Crippen molar-refractivity contribution in [3.05, 3.63) is 44.6 Å². The molecule has 0 heterocycles. The van der Waals surface area contributed by atoms with Crippen molar-refractivity contribution in [1.29, 1.82) is 10.5 Å². The maximum Gasteiger partial charge on any atom is 0.194 e. The maximum absolute atomic E-state index is 12.2. The summed E-state index contributed by atoms with van der Waals surface area (Å²) in [6.45, 7) is 0. The lowest BCUT2D eigenvalue weighted by molar-refractivity contribution is 0.104. The first kappa shape index (κ1) is 12.6. The normalized spacial score (nSPS) is 15.2. The van der Waals surface area contributed by atoms with Crippen molar-refractivity contribution in [2.24, 2.45) is 0 Å². The molecule has 0 N–H and O–H groups in total. The van der Waals surface area contributed by atoms with Gasteiger partial charge in [0, 0.05) is 16.7 Å². The van der Waals surface area contributed by atoms with Crippen molar-refractivity contribution in [1.82, 2.24) is 0 Å². The Bertz CT molecular complexity index is 689. The summed E-state index contributed by atoms with van der Waals surface area (Å²) >= 11 is 1.96. The molecule has 0 aromatic heterocycles. The van der Waals surface area contributed by atoms with E-state index < -0.39 is 0 Å². The molecule has 0 unspecified atom stereocenters. The molecule has 1 aliphatic carbocycles. The van der Waals surface area contributed by atoms with Crippen LogP contribution >= 0.6 is 22.6 Å². The van der Waals surface area contributed by atoms with Gasteiger partial charge in [0.25, 0.3) is 0 Å². The number of benzene rings is 1. The highest BCUT2D eigenvalue weighted by molar-refractivity contribution is 14.1. The molecule has 1 aromatic carbocycles. The van der Waals surface area contributed by atoms with E-state index in [1.807, 2.05) is 48.6 Å². The first-order valence-electron chi connectivity index (χ1n) is 5.15. The number of fused-ring (bicyclic) bond motifs is 1. The van der Waals surface area contributed by atoms with Crippen LogP contribution in [0.5, 0.6) is 0 Å². The van der Waals surface area contributed by atoms with Gasteiger partial charge in [-0.1, -0.05) is 46.3 Å². The Morgan fingerprint density at radius 3 is 2.50 bits per heavy atom. The van der Waals surface area contributed by atoms with E-state index in [0.29, 0.717) is 22.3 Å². The number of nitriles is 2. The van der Waals surface area contributed by atoms with E-state index in [2.05, 4.69) is 0 Å². The molecular formula is C13H6BIN2O. The Morgan fingerprint density at radius 2 is 1.94 bits per heavy atom. The third-order valence-corrected chi connectivity index (χ3v) is 3.41. The molecule has 0 spiro atoms. The van der Waals surface area contributed by atoms with Crippen molar-refractivity contribution in [3.63, 3.8) is 0 Å². The van der Waals surface area contributed by atoms with Gasteiger partial charge in [-0.25, -0.2) is 0 Å². The van der Waals surface area contributed by atoms with Gasteiger partial charge in [0.15, 0.2) is 5.78 Å². The van der Waals surface area contributed by atoms with Crippen LogP contribution in [0.4, 0.5) is 0 Å². The standard InChI is InChI=1S/C13H6BIN2O/c14-8-1-2-9-10(3-8)13(18)11(4-15)12(9)7(5-16)6-17/h1-4H,14H2/b11-4-. The van der Waals surface area contributed by atoms with E-state index in [1.54, 1.807) is 16.2 Å². The van der Waals surface area contributed by atoms with Gasteiger partial charge in [-0.2, -0.15) is 10.5 Å². The Morgan fingerprint density at radius 1 is 1.28 bits per heavy atom. The van der Waals surface area contributed by atoms with Crippen LogP contribution in [0.2, 0.25) is 0 Å². The molecule has 0 atom stereocenters. The molecule has 18 heavy (non-hydrogen) atoms. The van der Waals surface area contributed by atoms with Gasteiger partial charge in [0.1, 0.15) is 25.6 Å². The predicted molar refractivity (Wildman–Crippen MR) is 79.2 cm³/mol. The number of carbonyl (C=O) groups excluding carboxylic acids is 1. The summed E-state index contributed by atoms with van der Waals surface area (Å²) in [5.41, 5.74) is 3.08. The molecule has 0 radical (unpaired) electrons. The topological polar surface area (TPSA) is 64.7 Å². The largest absolute Gasteiger partial charge is 0.289 e. The number of hydrogen-bond donors (Lipinski definition) is 0. The zero-order valence-corrected chi connectivity index (χ0v) is 11.6. The second-order valence-electron chi connectivity index (χ2n) is 3.87. The lowest BCUT2D eigenvalue weighted by Crippen LogP contribution is -2.05. The van der Waals surface area contributed by atoms with Crippen LogP contribution in [-0.4, -0.2) is 13.6 Å². The number of hydrogen-bond acceptors (Lipinski definition) is 3. The Kier molecular flexibility index (Phi) is 3.35. The second kappa shape index (κ2) is 4.79. The third-order valence-electron chi connectivity index (χ3n) is 2.79. The summed E-state index contributed by atoms with van der Waals surface area (Å²) in [4.78, 5) is 12.2. The molecule has 84 valence electrons. The zero-order valence-electron chi connectivity index (χ0n) is 9.49. The van der Waals surface area contributed by atoms with Gasteiger partial charge < -0.3 is 0 Å². The molecule has 5 heteroatoms. The third kappa shape index (κ3) is 1.77. The number of carbonyl (C=O) groups is 1. The fraction of sp³-hybridized carbons (Fsp3) is 0. The average molecular weight is 344 g/mol. The minimum atomic E-state index is -0.124. The first-order chi connectivity index (χ1) is 8.63. The van der Waals surface area contributed by atoms with E-state index in [0.717, 1.165) is 5.46 Å². The molecule has 0 saturated carbocycles. The summed E-state index contributed by atoms with van der Waals surface area (Å²) in [5, 5.41) is 18.0. The van der Waals surface area contributed by atoms with Crippen molar-refractivity contribution >= 4 is 47.3 Å². The number of allylic oxidation sites excluding steroid dienone is 3. The van der Waals surface area contributed by atoms with E-state index >= 15 is 0 Å². The van der Waals surface area contributed by atoms with Crippen molar-refractivity contribution in [2.45, 2.75) is 0 Å². The van der Waals surface area contributed by atoms with Gasteiger partial charge in [0.2, 0.25) is 0 Å². The minimum absolute atomic E-state index is 0.0196. The molecule has 0 aliphatic heterocycles. The summed E-state index contributed by atoms with van der Waals surface area (Å²) in [6, 6.07) is 9.16. The van der Waals surface area contributed by atoms with E-state index in [-0.39, 0.29) is 11.4 Å². The summed E-state index contributed by atoms with van der Waals surface area (Å²) < 4.78 is 1.62. The van der Waals surface area contributed by atoms with Crippen LogP contribution in [0.3, 0.4) is 0 Å². The number of nitrogens with zero attached hydrogens (tertiary/aromatic N) is 2. The average Bonchev–Trinajstić information content (AvgIpc) is 2.64. The quantitative estimate of drug-likeness (QED) is 0.308. The minimum Gasteiger partial charge on any atom is -0.289 e. The number of Topliss-reactive ketones (excluding diaryl/α,β-unsaturated/α-hetero) is 1. The van der Waals surface area contributed by atoms with Crippen LogP contribution in [-0.2, 0) is 0 Å². The highest BCUT2D eigenvalue weighted by atomic mass is 127. The monoisotopic (exact) mass is 344 g/mol. The van der Waals surface area contributed by atoms with Crippen LogP contribution in [0.15, 0.2) is 33.4 Å². The Labute approximate surface area is 119 Å². The van der Waals surface area contributed by atoms with Crippen molar-refractivity contribution in [3.8, 4) is 12.1 Å². The lowest BCUT2D eigenvalue weighted by atomic mass is 9.92. The van der Waals surface area contributed by atoms with Crippen molar-refractivity contribution < 1.29 is 4.79 Å². The van der Waals surface area contributed by atoms with E-state index in [1.165, 1.54) is 0 Å². The number of ketones is 1. The molecule has 2 rings (SSSR count). The van der Waals surface area contributed by atoms with Gasteiger partial charge in [-0.05, 0) is 9.65 Å². The predicted octanol–water partition coefficient (Wildman–Crippen LogP) is 1.26. The second-order valence-corrected chi connectivity index (χ2v) is 4.50. The Hall–Kier alpha value is -1.86. The number of halogens is 1. The first-order valence-corrected chi connectivity index (χ1v) is 6.39. The van der Waals surface area contributed by atoms with Gasteiger partial charge >= 0.3 is 0 Å². The molecular weight excluding hydrogens is 338 g/mol. The fourth-order valence-corrected chi connectivity index (χ4v) is 2.57. The smallest absolute Gasteiger partial charge is 0.194 e. The van der Waals surface area contributed by atoms with Gasteiger partial charge in [-0.3, -0.25) is 4.79 Å². The molecule has 3 nitrogen and oxygen atoms in total. The zero-order chi connectivity index (χ0) is 13.3. The summed E-state index contributed by atoms with van der Waals surface area (Å²) in [7, 11) is 1.90. The molecule has 1 aromatic rings. The molecule has 0 amide bonds. The SMILES string of the molecule is Bc1ccc2c(c1)C(=O)/C(=C\I)C2=C(C#N)C#N. The van der Waals surface area contributed by atoms with E-state index in [9.17, 15) is 4.79 Å². The molecule has 1 aliphatic rings.